The summed E-state index contributed by atoms with van der Waals surface area (Å²) in [6.45, 7) is 1.73. The lowest BCUT2D eigenvalue weighted by molar-refractivity contribution is -0.118. The zero-order valence-electron chi connectivity index (χ0n) is 14.5. The molecule has 24 heavy (non-hydrogen) atoms. The highest BCUT2D eigenvalue weighted by molar-refractivity contribution is 5.93. The predicted molar refractivity (Wildman–Crippen MR) is 94.9 cm³/mol. The smallest absolute Gasteiger partial charge is 0.247 e. The molecule has 5 heteroatoms. The Bertz CT molecular complexity index is 605. The number of hydrogen-bond acceptors (Lipinski definition) is 4. The molecule has 1 aliphatic heterocycles. The SMILES string of the molecule is COc1cc(OC)cc(N2CC[C@@H](NC(=O)C3=CCCCC3)C2)c1. The van der Waals surface area contributed by atoms with Gasteiger partial charge in [0, 0.05) is 48.6 Å². The molecular weight excluding hydrogens is 304 g/mol. The maximum Gasteiger partial charge on any atom is 0.247 e. The van der Waals surface area contributed by atoms with Gasteiger partial charge in [0.25, 0.3) is 0 Å². The molecule has 0 radical (unpaired) electrons. The van der Waals surface area contributed by atoms with Crippen molar-refractivity contribution >= 4 is 11.6 Å². The molecule has 1 heterocycles. The molecule has 5 nitrogen and oxygen atoms in total. The second kappa shape index (κ2) is 7.60. The Morgan fingerprint density at radius 3 is 2.54 bits per heavy atom. The van der Waals surface area contributed by atoms with E-state index in [0.29, 0.717) is 0 Å². The van der Waals surface area contributed by atoms with Gasteiger partial charge in [0.05, 0.1) is 14.2 Å². The molecule has 2 aliphatic rings. The van der Waals surface area contributed by atoms with E-state index in [4.69, 9.17) is 9.47 Å². The number of nitrogens with zero attached hydrogens (tertiary/aromatic N) is 1. The van der Waals surface area contributed by atoms with Gasteiger partial charge in [-0.15, -0.1) is 0 Å². The summed E-state index contributed by atoms with van der Waals surface area (Å²) in [4.78, 5) is 14.6. The van der Waals surface area contributed by atoms with Crippen molar-refractivity contribution in [2.24, 2.45) is 0 Å². The van der Waals surface area contributed by atoms with E-state index in [1.54, 1.807) is 14.2 Å². The van der Waals surface area contributed by atoms with Gasteiger partial charge in [-0.3, -0.25) is 4.79 Å². The third-order valence-electron chi connectivity index (χ3n) is 4.81. The lowest BCUT2D eigenvalue weighted by Gasteiger charge is -2.21. The quantitative estimate of drug-likeness (QED) is 0.902. The Balaban J connectivity index is 1.63. The number of rotatable bonds is 5. The van der Waals surface area contributed by atoms with Gasteiger partial charge < -0.3 is 19.7 Å². The summed E-state index contributed by atoms with van der Waals surface area (Å²) in [5, 5.41) is 3.19. The summed E-state index contributed by atoms with van der Waals surface area (Å²) in [5.74, 6) is 1.68. The number of nitrogens with one attached hydrogen (secondary N) is 1. The number of allylic oxidation sites excluding steroid dienone is 1. The molecular formula is C19H26N2O3. The third-order valence-corrected chi connectivity index (χ3v) is 4.81. The summed E-state index contributed by atoms with van der Waals surface area (Å²) in [6, 6.07) is 6.08. The maximum absolute atomic E-state index is 12.4. The largest absolute Gasteiger partial charge is 0.497 e. The summed E-state index contributed by atoms with van der Waals surface area (Å²) >= 11 is 0. The molecule has 1 saturated heterocycles. The maximum atomic E-state index is 12.4. The van der Waals surface area contributed by atoms with E-state index in [9.17, 15) is 4.79 Å². The summed E-state index contributed by atoms with van der Waals surface area (Å²) in [5.41, 5.74) is 2.03. The molecule has 0 bridgehead atoms. The molecule has 1 N–H and O–H groups in total. The van der Waals surface area contributed by atoms with Crippen LogP contribution in [0.15, 0.2) is 29.8 Å². The number of methoxy groups -OCH3 is 2. The first-order valence-electron chi connectivity index (χ1n) is 8.67. The van der Waals surface area contributed by atoms with Crippen LogP contribution < -0.4 is 19.7 Å². The summed E-state index contributed by atoms with van der Waals surface area (Å²) < 4.78 is 10.7. The van der Waals surface area contributed by atoms with Crippen molar-refractivity contribution < 1.29 is 14.3 Å². The number of anilines is 1. The molecule has 1 aromatic rings. The monoisotopic (exact) mass is 330 g/mol. The predicted octanol–water partition coefficient (Wildman–Crippen LogP) is 2.90. The first kappa shape index (κ1) is 16.7. The lowest BCUT2D eigenvalue weighted by Crippen LogP contribution is -2.38. The highest BCUT2D eigenvalue weighted by Crippen LogP contribution is 2.30. The van der Waals surface area contributed by atoms with Crippen LogP contribution in [0.1, 0.15) is 32.1 Å². The van der Waals surface area contributed by atoms with Crippen molar-refractivity contribution in [3.8, 4) is 11.5 Å². The van der Waals surface area contributed by atoms with Crippen LogP contribution in [0.5, 0.6) is 11.5 Å². The zero-order valence-corrected chi connectivity index (χ0v) is 14.5. The molecule has 1 aromatic carbocycles. The number of benzene rings is 1. The number of ether oxygens (including phenoxy) is 2. The average molecular weight is 330 g/mol. The average Bonchev–Trinajstić information content (AvgIpc) is 3.10. The molecule has 0 aromatic heterocycles. The van der Waals surface area contributed by atoms with Gasteiger partial charge in [-0.1, -0.05) is 6.08 Å². The topological polar surface area (TPSA) is 50.8 Å². The van der Waals surface area contributed by atoms with Crippen LogP contribution in [-0.4, -0.2) is 39.3 Å². The molecule has 0 unspecified atom stereocenters. The Kier molecular flexibility index (Phi) is 5.28. The zero-order chi connectivity index (χ0) is 16.9. The lowest BCUT2D eigenvalue weighted by atomic mass is 9.99. The number of carbonyl (C=O) groups excluding carboxylic acids is 1. The van der Waals surface area contributed by atoms with E-state index in [2.05, 4.69) is 16.3 Å². The van der Waals surface area contributed by atoms with Crippen LogP contribution in [0, 0.1) is 0 Å². The standard InChI is InChI=1S/C19H26N2O3/c1-23-17-10-16(11-18(12-17)24-2)21-9-8-15(13-21)20-19(22)14-6-4-3-5-7-14/h6,10-12,15H,3-5,7-9,13H2,1-2H3,(H,20,22)/t15-/m1/s1. The van der Waals surface area contributed by atoms with E-state index in [0.717, 1.165) is 61.5 Å². The minimum atomic E-state index is 0.116. The molecule has 3 rings (SSSR count). The van der Waals surface area contributed by atoms with Crippen LogP contribution >= 0.6 is 0 Å². The highest BCUT2D eigenvalue weighted by atomic mass is 16.5. The van der Waals surface area contributed by atoms with Crippen molar-refractivity contribution in [3.63, 3.8) is 0 Å². The number of amides is 1. The van der Waals surface area contributed by atoms with Gasteiger partial charge in [0.2, 0.25) is 5.91 Å². The number of hydrogen-bond donors (Lipinski definition) is 1. The van der Waals surface area contributed by atoms with Gasteiger partial charge in [-0.05, 0) is 32.1 Å². The van der Waals surface area contributed by atoms with E-state index in [1.807, 2.05) is 18.2 Å². The fourth-order valence-electron chi connectivity index (χ4n) is 3.41. The van der Waals surface area contributed by atoms with Gasteiger partial charge in [-0.2, -0.15) is 0 Å². The molecule has 0 saturated carbocycles. The Morgan fingerprint density at radius 2 is 1.92 bits per heavy atom. The normalized spacial score (nSPS) is 20.5. The van der Waals surface area contributed by atoms with E-state index >= 15 is 0 Å². The summed E-state index contributed by atoms with van der Waals surface area (Å²) in [6.07, 6.45) is 7.32. The molecule has 130 valence electrons. The second-order valence-corrected chi connectivity index (χ2v) is 6.45. The third kappa shape index (κ3) is 3.83. The minimum Gasteiger partial charge on any atom is -0.497 e. The molecule has 1 fully saturated rings. The van der Waals surface area contributed by atoms with Crippen molar-refractivity contribution in [2.75, 3.05) is 32.2 Å². The Hall–Kier alpha value is -2.17. The molecule has 1 aliphatic carbocycles. The first-order valence-corrected chi connectivity index (χ1v) is 8.67. The van der Waals surface area contributed by atoms with Crippen molar-refractivity contribution in [1.29, 1.82) is 0 Å². The molecule has 1 atom stereocenters. The van der Waals surface area contributed by atoms with Crippen LogP contribution in [0.3, 0.4) is 0 Å². The van der Waals surface area contributed by atoms with Crippen LogP contribution in [-0.2, 0) is 4.79 Å². The number of carbonyl (C=O) groups is 1. The minimum absolute atomic E-state index is 0.116. The van der Waals surface area contributed by atoms with E-state index in [-0.39, 0.29) is 11.9 Å². The van der Waals surface area contributed by atoms with Gasteiger partial charge >= 0.3 is 0 Å². The second-order valence-electron chi connectivity index (χ2n) is 6.45. The van der Waals surface area contributed by atoms with Crippen molar-refractivity contribution in [1.82, 2.24) is 5.32 Å². The van der Waals surface area contributed by atoms with Crippen molar-refractivity contribution in [2.45, 2.75) is 38.1 Å². The Morgan fingerprint density at radius 1 is 1.17 bits per heavy atom. The van der Waals surface area contributed by atoms with Gasteiger partial charge in [0.1, 0.15) is 11.5 Å². The molecule has 0 spiro atoms. The fourth-order valence-corrected chi connectivity index (χ4v) is 3.41. The van der Waals surface area contributed by atoms with Gasteiger partial charge in [-0.25, -0.2) is 0 Å². The summed E-state index contributed by atoms with van der Waals surface area (Å²) in [7, 11) is 3.31. The van der Waals surface area contributed by atoms with Crippen LogP contribution in [0.4, 0.5) is 5.69 Å². The van der Waals surface area contributed by atoms with Crippen LogP contribution in [0.25, 0.3) is 0 Å². The van der Waals surface area contributed by atoms with E-state index in [1.165, 1.54) is 6.42 Å². The van der Waals surface area contributed by atoms with E-state index < -0.39 is 0 Å². The molecule has 1 amide bonds. The Labute approximate surface area is 143 Å². The van der Waals surface area contributed by atoms with Crippen molar-refractivity contribution in [3.05, 3.63) is 29.8 Å². The fraction of sp³-hybridized carbons (Fsp3) is 0.526. The van der Waals surface area contributed by atoms with Crippen LogP contribution in [0.2, 0.25) is 0 Å². The van der Waals surface area contributed by atoms with Gasteiger partial charge in [0.15, 0.2) is 0 Å². The highest BCUT2D eigenvalue weighted by Gasteiger charge is 2.26. The first-order chi connectivity index (χ1) is 11.7.